The third-order valence-electron chi connectivity index (χ3n) is 7.05. The van der Waals surface area contributed by atoms with Crippen molar-refractivity contribution in [3.8, 4) is 5.75 Å². The number of carbonyl (C=O) groups excluding carboxylic acids is 3. The maximum atomic E-state index is 13.9. The van der Waals surface area contributed by atoms with Crippen molar-refractivity contribution in [2.45, 2.75) is 51.1 Å². The van der Waals surface area contributed by atoms with Gasteiger partial charge in [0.05, 0.1) is 18.2 Å². The largest absolute Gasteiger partial charge is 0.493 e. The first-order valence-corrected chi connectivity index (χ1v) is 13.4. The number of halogens is 2. The van der Waals surface area contributed by atoms with E-state index in [1.807, 2.05) is 12.1 Å². The second kappa shape index (κ2) is 12.5. The standard InChI is InChI=1S/C27H32BrFN4O4/c28-21-4-1-5-24(20(21)16-31-23-8-9-25(34)32-27(23)36)33-12-10-17(11-13-33)3-2-14-37-18-6-7-19(26(30)35)22(29)15-18/h1,4-7,15,17,23,31H,2-3,8-14,16H2,(H2,30,35)(H,32,34,36). The molecule has 0 aromatic heterocycles. The van der Waals surface area contributed by atoms with Crippen LogP contribution in [0.1, 0.15) is 54.4 Å². The Kier molecular flexibility index (Phi) is 9.15. The number of hydrogen-bond acceptors (Lipinski definition) is 6. The summed E-state index contributed by atoms with van der Waals surface area (Å²) in [5, 5.41) is 5.71. The lowest BCUT2D eigenvalue weighted by Crippen LogP contribution is -2.50. The quantitative estimate of drug-likeness (QED) is 0.295. The Balaban J connectivity index is 1.24. The summed E-state index contributed by atoms with van der Waals surface area (Å²) in [7, 11) is 0. The fourth-order valence-electron chi connectivity index (χ4n) is 4.94. The lowest BCUT2D eigenvalue weighted by molar-refractivity contribution is -0.134. The van der Waals surface area contributed by atoms with Gasteiger partial charge in [0.1, 0.15) is 11.6 Å². The number of nitrogens with two attached hydrogens (primary N) is 1. The van der Waals surface area contributed by atoms with Crippen LogP contribution in [0, 0.1) is 11.7 Å². The molecule has 0 aliphatic carbocycles. The van der Waals surface area contributed by atoms with E-state index in [1.165, 1.54) is 12.1 Å². The summed E-state index contributed by atoms with van der Waals surface area (Å²) < 4.78 is 20.5. The van der Waals surface area contributed by atoms with Crippen LogP contribution in [0.15, 0.2) is 40.9 Å². The fraction of sp³-hybridized carbons (Fsp3) is 0.444. The van der Waals surface area contributed by atoms with Gasteiger partial charge in [-0.15, -0.1) is 0 Å². The lowest BCUT2D eigenvalue weighted by Gasteiger charge is -2.35. The first-order valence-electron chi connectivity index (χ1n) is 12.6. The highest BCUT2D eigenvalue weighted by atomic mass is 79.9. The maximum absolute atomic E-state index is 13.9. The normalized spacial score (nSPS) is 18.5. The molecule has 3 amide bonds. The molecule has 0 bridgehead atoms. The van der Waals surface area contributed by atoms with Crippen molar-refractivity contribution in [1.29, 1.82) is 0 Å². The van der Waals surface area contributed by atoms with Crippen LogP contribution in [0.5, 0.6) is 5.75 Å². The van der Waals surface area contributed by atoms with E-state index in [2.05, 4.69) is 37.5 Å². The van der Waals surface area contributed by atoms with Crippen molar-refractivity contribution in [2.75, 3.05) is 24.6 Å². The molecule has 2 aliphatic heterocycles. The van der Waals surface area contributed by atoms with E-state index in [1.54, 1.807) is 6.07 Å². The van der Waals surface area contributed by atoms with Gasteiger partial charge in [-0.05, 0) is 62.3 Å². The van der Waals surface area contributed by atoms with E-state index in [0.717, 1.165) is 54.5 Å². The number of nitrogens with zero attached hydrogens (tertiary/aromatic N) is 1. The molecule has 2 saturated heterocycles. The van der Waals surface area contributed by atoms with Crippen molar-refractivity contribution in [3.05, 3.63) is 57.8 Å². The number of primary amides is 1. The Morgan fingerprint density at radius 3 is 2.68 bits per heavy atom. The molecule has 198 valence electrons. The van der Waals surface area contributed by atoms with E-state index in [-0.39, 0.29) is 23.4 Å². The summed E-state index contributed by atoms with van der Waals surface area (Å²) in [4.78, 5) is 37.1. The van der Waals surface area contributed by atoms with Gasteiger partial charge < -0.3 is 20.7 Å². The monoisotopic (exact) mass is 574 g/mol. The lowest BCUT2D eigenvalue weighted by atomic mass is 9.91. The summed E-state index contributed by atoms with van der Waals surface area (Å²) in [5.41, 5.74) is 7.25. The molecule has 2 heterocycles. The van der Waals surface area contributed by atoms with Gasteiger partial charge in [0.25, 0.3) is 5.91 Å². The smallest absolute Gasteiger partial charge is 0.251 e. The Morgan fingerprint density at radius 1 is 1.19 bits per heavy atom. The third-order valence-corrected chi connectivity index (χ3v) is 7.79. The second-order valence-electron chi connectivity index (χ2n) is 9.55. The van der Waals surface area contributed by atoms with Crippen LogP contribution >= 0.6 is 15.9 Å². The minimum Gasteiger partial charge on any atom is -0.493 e. The Bertz CT molecular complexity index is 1150. The molecule has 4 rings (SSSR count). The maximum Gasteiger partial charge on any atom is 0.251 e. The predicted octanol–water partition coefficient (Wildman–Crippen LogP) is 3.66. The number of imide groups is 1. The first-order chi connectivity index (χ1) is 17.8. The molecule has 2 aromatic rings. The number of rotatable bonds is 10. The number of benzene rings is 2. The summed E-state index contributed by atoms with van der Waals surface area (Å²) in [5.74, 6) is -0.960. The van der Waals surface area contributed by atoms with Gasteiger partial charge in [-0.2, -0.15) is 0 Å². The van der Waals surface area contributed by atoms with Gasteiger partial charge in [0.15, 0.2) is 0 Å². The fourth-order valence-corrected chi connectivity index (χ4v) is 5.44. The SMILES string of the molecule is NC(=O)c1ccc(OCCCC2CCN(c3cccc(Br)c3CNC3CCC(=O)NC3=O)CC2)cc1F. The van der Waals surface area contributed by atoms with Gasteiger partial charge in [-0.3, -0.25) is 19.7 Å². The summed E-state index contributed by atoms with van der Waals surface area (Å²) in [6.07, 6.45) is 4.87. The number of carbonyl (C=O) groups is 3. The van der Waals surface area contributed by atoms with Crippen LogP contribution in [0.2, 0.25) is 0 Å². The van der Waals surface area contributed by atoms with Gasteiger partial charge in [-0.1, -0.05) is 22.0 Å². The number of piperidine rings is 2. The first kappa shape index (κ1) is 27.1. The molecule has 1 unspecified atom stereocenters. The minimum absolute atomic E-state index is 0.139. The molecule has 0 saturated carbocycles. The molecule has 2 fully saturated rings. The van der Waals surface area contributed by atoms with Crippen molar-refractivity contribution in [2.24, 2.45) is 11.7 Å². The molecule has 2 aliphatic rings. The molecule has 4 N–H and O–H groups in total. The number of anilines is 1. The summed E-state index contributed by atoms with van der Waals surface area (Å²) in [6, 6.07) is 9.88. The van der Waals surface area contributed by atoms with Crippen molar-refractivity contribution in [1.82, 2.24) is 10.6 Å². The average Bonchev–Trinajstić information content (AvgIpc) is 2.87. The zero-order valence-corrected chi connectivity index (χ0v) is 22.2. The highest BCUT2D eigenvalue weighted by molar-refractivity contribution is 9.10. The van der Waals surface area contributed by atoms with E-state index >= 15 is 0 Å². The predicted molar refractivity (Wildman–Crippen MR) is 142 cm³/mol. The van der Waals surface area contributed by atoms with Crippen LogP contribution in [-0.4, -0.2) is 43.5 Å². The number of ether oxygens (including phenoxy) is 1. The van der Waals surface area contributed by atoms with Crippen LogP contribution < -0.4 is 26.0 Å². The third kappa shape index (κ3) is 7.07. The zero-order valence-electron chi connectivity index (χ0n) is 20.6. The van der Waals surface area contributed by atoms with Gasteiger partial charge in [-0.25, -0.2) is 4.39 Å². The highest BCUT2D eigenvalue weighted by Crippen LogP contribution is 2.32. The van der Waals surface area contributed by atoms with Gasteiger partial charge in [0, 0.05) is 47.8 Å². The number of nitrogens with one attached hydrogen (secondary N) is 2. The molecular weight excluding hydrogens is 543 g/mol. The molecular formula is C27H32BrFN4O4. The summed E-state index contributed by atoms with van der Waals surface area (Å²) >= 11 is 3.67. The van der Waals surface area contributed by atoms with E-state index < -0.39 is 11.7 Å². The van der Waals surface area contributed by atoms with Crippen LogP contribution in [-0.2, 0) is 16.1 Å². The Hall–Kier alpha value is -2.98. The van der Waals surface area contributed by atoms with Crippen molar-refractivity contribution >= 4 is 39.3 Å². The number of amides is 3. The molecule has 10 heteroatoms. The van der Waals surface area contributed by atoms with Gasteiger partial charge >= 0.3 is 0 Å². The second-order valence-corrected chi connectivity index (χ2v) is 10.4. The Labute approximate surface area is 224 Å². The van der Waals surface area contributed by atoms with E-state index in [0.29, 0.717) is 37.7 Å². The topological polar surface area (TPSA) is 114 Å². The average molecular weight is 575 g/mol. The summed E-state index contributed by atoms with van der Waals surface area (Å²) in [6.45, 7) is 2.89. The Morgan fingerprint density at radius 2 is 1.97 bits per heavy atom. The molecule has 37 heavy (non-hydrogen) atoms. The molecule has 0 spiro atoms. The van der Waals surface area contributed by atoms with E-state index in [9.17, 15) is 18.8 Å². The zero-order chi connectivity index (χ0) is 26.4. The molecule has 8 nitrogen and oxygen atoms in total. The highest BCUT2D eigenvalue weighted by Gasteiger charge is 2.27. The molecule has 2 aromatic carbocycles. The van der Waals surface area contributed by atoms with Crippen LogP contribution in [0.25, 0.3) is 0 Å². The molecule has 0 radical (unpaired) electrons. The molecule has 1 atom stereocenters. The minimum atomic E-state index is -0.795. The van der Waals surface area contributed by atoms with Gasteiger partial charge in [0.2, 0.25) is 11.8 Å². The van der Waals surface area contributed by atoms with Crippen LogP contribution in [0.4, 0.5) is 10.1 Å². The van der Waals surface area contributed by atoms with E-state index in [4.69, 9.17) is 10.5 Å². The van der Waals surface area contributed by atoms with Crippen molar-refractivity contribution < 1.29 is 23.5 Å². The van der Waals surface area contributed by atoms with Crippen molar-refractivity contribution in [3.63, 3.8) is 0 Å². The number of hydrogen-bond donors (Lipinski definition) is 3. The van der Waals surface area contributed by atoms with Crippen LogP contribution in [0.3, 0.4) is 0 Å².